The van der Waals surface area contributed by atoms with Gasteiger partial charge in [0.05, 0.1) is 11.9 Å². The number of aromatic nitrogens is 2. The second-order valence-electron chi connectivity index (χ2n) is 4.62. The summed E-state index contributed by atoms with van der Waals surface area (Å²) in [6, 6.07) is 0. The summed E-state index contributed by atoms with van der Waals surface area (Å²) in [5.41, 5.74) is 6.38. The lowest BCUT2D eigenvalue weighted by Gasteiger charge is -2.30. The Labute approximate surface area is 109 Å². The van der Waals surface area contributed by atoms with Gasteiger partial charge in [-0.3, -0.25) is 4.79 Å². The third kappa shape index (κ3) is 2.37. The minimum atomic E-state index is -0.139. The summed E-state index contributed by atoms with van der Waals surface area (Å²) < 4.78 is 1.83. The number of anilines is 1. The Hall–Kier alpha value is -0.880. The van der Waals surface area contributed by atoms with E-state index in [2.05, 4.69) is 26.3 Å². The number of nitrogens with one attached hydrogen (secondary N) is 1. The van der Waals surface area contributed by atoms with Crippen LogP contribution in [0.3, 0.4) is 0 Å². The summed E-state index contributed by atoms with van der Waals surface area (Å²) >= 11 is 3.32. The summed E-state index contributed by atoms with van der Waals surface area (Å²) in [5.74, 6) is 0. The van der Waals surface area contributed by atoms with E-state index in [1.807, 2.05) is 0 Å². The van der Waals surface area contributed by atoms with Crippen LogP contribution in [0.2, 0.25) is 0 Å². The van der Waals surface area contributed by atoms with E-state index in [1.54, 1.807) is 13.2 Å². The van der Waals surface area contributed by atoms with E-state index in [0.717, 1.165) is 18.5 Å². The molecule has 0 aromatic carbocycles. The molecule has 2 rings (SSSR count). The highest BCUT2D eigenvalue weighted by atomic mass is 79.9. The van der Waals surface area contributed by atoms with Crippen molar-refractivity contribution < 1.29 is 0 Å². The average molecular weight is 301 g/mol. The van der Waals surface area contributed by atoms with Crippen LogP contribution in [-0.4, -0.2) is 21.9 Å². The van der Waals surface area contributed by atoms with Crippen LogP contribution in [0.15, 0.2) is 15.5 Å². The normalized spacial score (nSPS) is 18.3. The predicted molar refractivity (Wildman–Crippen MR) is 71.1 cm³/mol. The van der Waals surface area contributed by atoms with Gasteiger partial charge in [-0.05, 0) is 28.8 Å². The van der Waals surface area contributed by atoms with E-state index >= 15 is 0 Å². The first-order valence-corrected chi connectivity index (χ1v) is 6.57. The summed E-state index contributed by atoms with van der Waals surface area (Å²) in [6.45, 7) is 0.578. The first-order chi connectivity index (χ1) is 8.08. The largest absolute Gasteiger partial charge is 0.376 e. The minimum absolute atomic E-state index is 0.0729. The van der Waals surface area contributed by atoms with Gasteiger partial charge in [-0.2, -0.15) is 5.10 Å². The maximum absolute atomic E-state index is 11.7. The van der Waals surface area contributed by atoms with Crippen LogP contribution >= 0.6 is 15.9 Å². The van der Waals surface area contributed by atoms with Crippen molar-refractivity contribution >= 4 is 21.6 Å². The molecule has 1 aliphatic rings. The summed E-state index contributed by atoms with van der Waals surface area (Å²) in [5, 5.41) is 7.41. The molecular weight excluding hydrogens is 284 g/mol. The Bertz CT molecular complexity index is 465. The van der Waals surface area contributed by atoms with Gasteiger partial charge in [-0.25, -0.2) is 4.68 Å². The Balaban J connectivity index is 2.30. The van der Waals surface area contributed by atoms with E-state index in [9.17, 15) is 4.79 Å². The van der Waals surface area contributed by atoms with Crippen molar-refractivity contribution in [1.29, 1.82) is 0 Å². The van der Waals surface area contributed by atoms with Gasteiger partial charge in [-0.1, -0.05) is 12.8 Å². The van der Waals surface area contributed by atoms with Gasteiger partial charge in [0.2, 0.25) is 0 Å². The van der Waals surface area contributed by atoms with E-state index in [4.69, 9.17) is 5.73 Å². The minimum Gasteiger partial charge on any atom is -0.376 e. The highest BCUT2D eigenvalue weighted by Gasteiger charge is 2.32. The molecule has 1 fully saturated rings. The second-order valence-corrected chi connectivity index (χ2v) is 5.41. The Morgan fingerprint density at radius 2 is 2.24 bits per heavy atom. The van der Waals surface area contributed by atoms with Crippen molar-refractivity contribution in [2.24, 2.45) is 12.8 Å². The zero-order valence-electron chi connectivity index (χ0n) is 9.87. The van der Waals surface area contributed by atoms with Gasteiger partial charge in [0, 0.05) is 19.1 Å². The molecule has 0 amide bonds. The van der Waals surface area contributed by atoms with Crippen molar-refractivity contribution in [2.75, 3.05) is 11.9 Å². The van der Waals surface area contributed by atoms with Gasteiger partial charge in [0.15, 0.2) is 0 Å². The SMILES string of the molecule is Cn1ncc(NC2(CN)CCCC2)c(Br)c1=O. The first kappa shape index (κ1) is 12.6. The molecule has 3 N–H and O–H groups in total. The van der Waals surface area contributed by atoms with Gasteiger partial charge >= 0.3 is 0 Å². The molecular formula is C11H17BrN4O. The van der Waals surface area contributed by atoms with Crippen molar-refractivity contribution in [3.8, 4) is 0 Å². The number of nitrogens with zero attached hydrogens (tertiary/aromatic N) is 2. The predicted octanol–water partition coefficient (Wildman–Crippen LogP) is 1.23. The quantitative estimate of drug-likeness (QED) is 0.880. The molecule has 0 saturated heterocycles. The van der Waals surface area contributed by atoms with Crippen LogP contribution < -0.4 is 16.6 Å². The van der Waals surface area contributed by atoms with Gasteiger partial charge in [0.25, 0.3) is 5.56 Å². The van der Waals surface area contributed by atoms with Crippen LogP contribution in [0.5, 0.6) is 0 Å². The van der Waals surface area contributed by atoms with Crippen molar-refractivity contribution in [3.63, 3.8) is 0 Å². The van der Waals surface area contributed by atoms with E-state index in [0.29, 0.717) is 11.0 Å². The van der Waals surface area contributed by atoms with Gasteiger partial charge in [-0.15, -0.1) is 0 Å². The molecule has 1 aliphatic carbocycles. The van der Waals surface area contributed by atoms with Crippen LogP contribution in [0.25, 0.3) is 0 Å². The Kier molecular flexibility index (Phi) is 3.53. The fraction of sp³-hybridized carbons (Fsp3) is 0.636. The Morgan fingerprint density at radius 3 is 2.82 bits per heavy atom. The monoisotopic (exact) mass is 300 g/mol. The molecule has 17 heavy (non-hydrogen) atoms. The van der Waals surface area contributed by atoms with Crippen LogP contribution in [0.1, 0.15) is 25.7 Å². The van der Waals surface area contributed by atoms with Gasteiger partial charge < -0.3 is 11.1 Å². The first-order valence-electron chi connectivity index (χ1n) is 5.78. The molecule has 1 aromatic heterocycles. The molecule has 0 unspecified atom stereocenters. The molecule has 1 saturated carbocycles. The molecule has 0 bridgehead atoms. The number of hydrogen-bond acceptors (Lipinski definition) is 4. The molecule has 0 aliphatic heterocycles. The zero-order chi connectivity index (χ0) is 12.5. The van der Waals surface area contributed by atoms with E-state index < -0.39 is 0 Å². The molecule has 0 radical (unpaired) electrons. The van der Waals surface area contributed by atoms with Gasteiger partial charge in [0.1, 0.15) is 4.47 Å². The van der Waals surface area contributed by atoms with Crippen LogP contribution in [-0.2, 0) is 7.05 Å². The molecule has 0 atom stereocenters. The summed E-state index contributed by atoms with van der Waals surface area (Å²) in [4.78, 5) is 11.7. The number of rotatable bonds is 3. The topological polar surface area (TPSA) is 72.9 Å². The fourth-order valence-corrected chi connectivity index (χ4v) is 2.77. The van der Waals surface area contributed by atoms with Crippen molar-refractivity contribution in [1.82, 2.24) is 9.78 Å². The zero-order valence-corrected chi connectivity index (χ0v) is 11.5. The third-order valence-electron chi connectivity index (χ3n) is 3.43. The van der Waals surface area contributed by atoms with E-state index in [-0.39, 0.29) is 11.1 Å². The summed E-state index contributed by atoms with van der Waals surface area (Å²) in [6.07, 6.45) is 6.12. The van der Waals surface area contributed by atoms with Crippen molar-refractivity contribution in [2.45, 2.75) is 31.2 Å². The molecule has 0 spiro atoms. The standard InChI is InChI=1S/C11H17BrN4O/c1-16-10(17)9(12)8(6-14-16)15-11(7-13)4-2-3-5-11/h6,15H,2-5,7,13H2,1H3. The highest BCUT2D eigenvalue weighted by Crippen LogP contribution is 2.33. The number of aryl methyl sites for hydroxylation is 1. The Morgan fingerprint density at radius 1 is 1.59 bits per heavy atom. The number of halogens is 1. The third-order valence-corrected chi connectivity index (χ3v) is 4.20. The molecule has 1 aromatic rings. The van der Waals surface area contributed by atoms with Crippen LogP contribution in [0.4, 0.5) is 5.69 Å². The molecule has 5 nitrogen and oxygen atoms in total. The smallest absolute Gasteiger partial charge is 0.282 e. The van der Waals surface area contributed by atoms with Crippen LogP contribution in [0, 0.1) is 0 Å². The molecule has 1 heterocycles. The maximum atomic E-state index is 11.7. The summed E-state index contributed by atoms with van der Waals surface area (Å²) in [7, 11) is 1.63. The highest BCUT2D eigenvalue weighted by molar-refractivity contribution is 9.10. The second kappa shape index (κ2) is 4.78. The number of hydrogen-bond donors (Lipinski definition) is 2. The fourth-order valence-electron chi connectivity index (χ4n) is 2.32. The lowest BCUT2D eigenvalue weighted by Crippen LogP contribution is -2.43. The average Bonchev–Trinajstić information content (AvgIpc) is 2.79. The molecule has 6 heteroatoms. The lowest BCUT2D eigenvalue weighted by atomic mass is 9.97. The number of nitrogens with two attached hydrogens (primary N) is 1. The van der Waals surface area contributed by atoms with E-state index in [1.165, 1.54) is 17.5 Å². The lowest BCUT2D eigenvalue weighted by molar-refractivity contribution is 0.492. The molecule has 94 valence electrons. The maximum Gasteiger partial charge on any atom is 0.282 e. The van der Waals surface area contributed by atoms with Crippen molar-refractivity contribution in [3.05, 3.63) is 21.0 Å².